The van der Waals surface area contributed by atoms with Gasteiger partial charge in [-0.3, -0.25) is 14.6 Å². The molecule has 9 nitrogen and oxygen atoms in total. The molecule has 3 aromatic carbocycles. The summed E-state index contributed by atoms with van der Waals surface area (Å²) in [6, 6.07) is 21.2. The van der Waals surface area contributed by atoms with Crippen LogP contribution in [0.1, 0.15) is 24.0 Å². The summed E-state index contributed by atoms with van der Waals surface area (Å²) in [5, 5.41) is 9.66. The molecule has 1 amide bonds. The van der Waals surface area contributed by atoms with E-state index in [4.69, 9.17) is 24.3 Å². The number of thiazole rings is 1. The van der Waals surface area contributed by atoms with E-state index in [2.05, 4.69) is 17.4 Å². The number of nitrogens with one attached hydrogen (secondary N) is 1. The van der Waals surface area contributed by atoms with Crippen molar-refractivity contribution in [2.45, 2.75) is 19.3 Å². The van der Waals surface area contributed by atoms with Gasteiger partial charge in [-0.25, -0.2) is 4.68 Å². The number of carbonyl (C=O) groups is 2. The molecule has 0 unspecified atom stereocenters. The third-order valence-corrected chi connectivity index (χ3v) is 7.57. The van der Waals surface area contributed by atoms with Crippen LogP contribution >= 0.6 is 11.3 Å². The van der Waals surface area contributed by atoms with Crippen LogP contribution in [0.2, 0.25) is 0 Å². The Morgan fingerprint density at radius 3 is 2.78 bits per heavy atom. The highest BCUT2D eigenvalue weighted by molar-refractivity contribution is 7.07. The van der Waals surface area contributed by atoms with Gasteiger partial charge in [-0.15, -0.1) is 11.3 Å². The van der Waals surface area contributed by atoms with E-state index in [1.54, 1.807) is 30.1 Å². The summed E-state index contributed by atoms with van der Waals surface area (Å²) in [4.78, 5) is 29.6. The van der Waals surface area contributed by atoms with Crippen molar-refractivity contribution in [3.63, 3.8) is 0 Å². The minimum absolute atomic E-state index is 0.00156. The lowest BCUT2D eigenvalue weighted by Gasteiger charge is -2.18. The molecule has 6 rings (SSSR count). The van der Waals surface area contributed by atoms with Crippen molar-refractivity contribution in [2.24, 2.45) is 16.0 Å². The van der Waals surface area contributed by atoms with Crippen LogP contribution in [0.4, 0.5) is 5.69 Å². The van der Waals surface area contributed by atoms with Gasteiger partial charge in [0.15, 0.2) is 18.1 Å². The summed E-state index contributed by atoms with van der Waals surface area (Å²) in [5.41, 5.74) is 4.26. The van der Waals surface area contributed by atoms with Crippen LogP contribution < -0.4 is 24.3 Å². The van der Waals surface area contributed by atoms with E-state index in [0.717, 1.165) is 40.9 Å². The molecule has 2 aliphatic rings. The Morgan fingerprint density at radius 1 is 1.12 bits per heavy atom. The first-order valence-corrected chi connectivity index (χ1v) is 14.2. The van der Waals surface area contributed by atoms with Crippen LogP contribution in [-0.4, -0.2) is 43.0 Å². The number of carbonyl (C=O) groups excluding carboxylic acids is 2. The molecule has 0 spiro atoms. The molecule has 0 radical (unpaired) electrons. The van der Waals surface area contributed by atoms with Gasteiger partial charge in [0.25, 0.3) is 5.91 Å². The summed E-state index contributed by atoms with van der Waals surface area (Å²) in [5.74, 6) is 1.04. The molecule has 4 aromatic rings. The minimum atomic E-state index is -0.225. The number of hydrogen-bond acceptors (Lipinski definition) is 8. The Bertz CT molecular complexity index is 1690. The largest absolute Gasteiger partial charge is 0.493 e. The standard InChI is InChI=1S/C31H28N4O5S/c1-38-28-15-21(7-11-27(28)40-30(37)22-8-9-22)17-33-35-25(23-10-12-26-24(16-23)34-29(36)18-39-26)19-41-31(35)32-14-13-20-5-3-2-4-6-20/h2-7,10-12,15-17,19,22H,8-9,13-14,18H2,1H3,(H,34,36). The van der Waals surface area contributed by atoms with E-state index in [-0.39, 0.29) is 24.4 Å². The number of anilines is 1. The molecular weight excluding hydrogens is 540 g/mol. The van der Waals surface area contributed by atoms with E-state index < -0.39 is 0 Å². The van der Waals surface area contributed by atoms with Gasteiger partial charge in [0, 0.05) is 17.5 Å². The first-order chi connectivity index (χ1) is 20.1. The molecule has 10 heteroatoms. The number of methoxy groups -OCH3 is 1. The molecule has 1 aliphatic carbocycles. The molecule has 1 aromatic heterocycles. The zero-order valence-electron chi connectivity index (χ0n) is 22.4. The number of fused-ring (bicyclic) bond motifs is 1. The first-order valence-electron chi connectivity index (χ1n) is 13.3. The van der Waals surface area contributed by atoms with E-state index in [1.807, 2.05) is 47.8 Å². The lowest BCUT2D eigenvalue weighted by Crippen LogP contribution is -2.25. The zero-order chi connectivity index (χ0) is 28.2. The summed E-state index contributed by atoms with van der Waals surface area (Å²) in [6.07, 6.45) is 4.26. The van der Waals surface area contributed by atoms with Gasteiger partial charge in [-0.1, -0.05) is 30.3 Å². The van der Waals surface area contributed by atoms with Crippen LogP contribution in [0, 0.1) is 5.92 Å². The van der Waals surface area contributed by atoms with E-state index >= 15 is 0 Å². The Morgan fingerprint density at radius 2 is 1.98 bits per heavy atom. The number of esters is 1. The number of ether oxygens (including phenoxy) is 3. The fourth-order valence-electron chi connectivity index (χ4n) is 4.37. The third-order valence-electron chi connectivity index (χ3n) is 6.72. The van der Waals surface area contributed by atoms with Crippen molar-refractivity contribution in [1.29, 1.82) is 0 Å². The average molecular weight is 569 g/mol. The van der Waals surface area contributed by atoms with Crippen molar-refractivity contribution in [3.05, 3.63) is 88.0 Å². The molecule has 0 atom stereocenters. The third kappa shape index (κ3) is 6.22. The number of benzene rings is 3. The van der Waals surface area contributed by atoms with Gasteiger partial charge in [0.05, 0.1) is 30.6 Å². The molecule has 41 heavy (non-hydrogen) atoms. The van der Waals surface area contributed by atoms with E-state index in [9.17, 15) is 9.59 Å². The maximum Gasteiger partial charge on any atom is 0.314 e. The number of aromatic nitrogens is 1. The quantitative estimate of drug-likeness (QED) is 0.176. The number of amides is 1. The van der Waals surface area contributed by atoms with Gasteiger partial charge >= 0.3 is 5.97 Å². The highest BCUT2D eigenvalue weighted by atomic mass is 32.1. The summed E-state index contributed by atoms with van der Waals surface area (Å²) < 4.78 is 18.3. The van der Waals surface area contributed by atoms with Gasteiger partial charge in [-0.2, -0.15) is 5.10 Å². The van der Waals surface area contributed by atoms with Crippen LogP contribution in [0.15, 0.2) is 82.2 Å². The fourth-order valence-corrected chi connectivity index (χ4v) is 5.23. The minimum Gasteiger partial charge on any atom is -0.493 e. The van der Waals surface area contributed by atoms with Gasteiger partial charge in [0.1, 0.15) is 5.75 Å². The molecule has 1 aliphatic heterocycles. The Hall–Kier alpha value is -4.70. The van der Waals surface area contributed by atoms with Crippen LogP contribution in [0.5, 0.6) is 17.2 Å². The van der Waals surface area contributed by atoms with Crippen molar-refractivity contribution in [2.75, 3.05) is 25.6 Å². The summed E-state index contributed by atoms with van der Waals surface area (Å²) in [6.45, 7) is 0.601. The molecule has 2 heterocycles. The monoisotopic (exact) mass is 568 g/mol. The number of hydrogen-bond donors (Lipinski definition) is 1. The van der Waals surface area contributed by atoms with Crippen LogP contribution in [-0.2, 0) is 16.0 Å². The predicted octanol–water partition coefficient (Wildman–Crippen LogP) is 4.90. The van der Waals surface area contributed by atoms with Gasteiger partial charge in [-0.05, 0) is 66.8 Å². The Balaban J connectivity index is 1.32. The molecule has 1 fully saturated rings. The van der Waals surface area contributed by atoms with Gasteiger partial charge in [0.2, 0.25) is 4.80 Å². The number of rotatable bonds is 9. The normalized spacial score (nSPS) is 14.9. The average Bonchev–Trinajstić information content (AvgIpc) is 3.78. The second kappa shape index (κ2) is 11.8. The maximum atomic E-state index is 12.2. The Kier molecular flexibility index (Phi) is 7.64. The molecule has 0 bridgehead atoms. The molecule has 208 valence electrons. The Labute approximate surface area is 240 Å². The first kappa shape index (κ1) is 26.5. The van der Waals surface area contributed by atoms with Crippen molar-refractivity contribution < 1.29 is 23.8 Å². The van der Waals surface area contributed by atoms with Crippen LogP contribution in [0.3, 0.4) is 0 Å². The lowest BCUT2D eigenvalue weighted by molar-refractivity contribution is -0.135. The second-order valence-electron chi connectivity index (χ2n) is 9.73. The highest BCUT2D eigenvalue weighted by Crippen LogP contribution is 2.35. The zero-order valence-corrected chi connectivity index (χ0v) is 23.2. The summed E-state index contributed by atoms with van der Waals surface area (Å²) >= 11 is 1.49. The van der Waals surface area contributed by atoms with Crippen molar-refractivity contribution in [1.82, 2.24) is 4.68 Å². The van der Waals surface area contributed by atoms with E-state index in [1.165, 1.54) is 16.9 Å². The van der Waals surface area contributed by atoms with Gasteiger partial charge < -0.3 is 19.5 Å². The second-order valence-corrected chi connectivity index (χ2v) is 10.6. The SMILES string of the molecule is COc1cc(C=Nn2c(-c3ccc4c(c3)NC(=O)CO4)csc2=NCCc2ccccc2)ccc1OC(=O)C1CC1. The van der Waals surface area contributed by atoms with Crippen molar-refractivity contribution in [3.8, 4) is 28.5 Å². The molecule has 1 saturated carbocycles. The lowest BCUT2D eigenvalue weighted by atomic mass is 10.1. The maximum absolute atomic E-state index is 12.2. The number of nitrogens with zero attached hydrogens (tertiary/aromatic N) is 3. The topological polar surface area (TPSA) is 104 Å². The smallest absolute Gasteiger partial charge is 0.314 e. The highest BCUT2D eigenvalue weighted by Gasteiger charge is 2.32. The predicted molar refractivity (Wildman–Crippen MR) is 157 cm³/mol. The molecule has 0 saturated heterocycles. The molecule has 1 N–H and O–H groups in total. The fraction of sp³-hybridized carbons (Fsp3) is 0.226. The van der Waals surface area contributed by atoms with E-state index in [0.29, 0.717) is 29.5 Å². The summed E-state index contributed by atoms with van der Waals surface area (Å²) in [7, 11) is 1.54. The molecular formula is C31H28N4O5S. The van der Waals surface area contributed by atoms with Crippen LogP contribution in [0.25, 0.3) is 11.3 Å². The van der Waals surface area contributed by atoms with Crippen molar-refractivity contribution >= 4 is 35.1 Å².